The van der Waals surface area contributed by atoms with Gasteiger partial charge in [0.05, 0.1) is 0 Å². The van der Waals surface area contributed by atoms with Crippen LogP contribution in [0, 0.1) is 12.2 Å². The Kier molecular flexibility index (Phi) is 12.2. The van der Waals surface area contributed by atoms with Gasteiger partial charge in [0.1, 0.15) is 0 Å². The van der Waals surface area contributed by atoms with Crippen LogP contribution in [-0.4, -0.2) is 4.21 Å². The molecular formula is C23H28Cl2Zr-2. The predicted molar refractivity (Wildman–Crippen MR) is 101 cm³/mol. The zero-order chi connectivity index (χ0) is 17.7. The normalized spacial score (nSPS) is 19.8. The van der Waals surface area contributed by atoms with Crippen molar-refractivity contribution in [1.82, 2.24) is 0 Å². The minimum absolute atomic E-state index is 0. The first kappa shape index (κ1) is 25.8. The minimum atomic E-state index is 0. The Balaban J connectivity index is 0.000000410. The van der Waals surface area contributed by atoms with E-state index in [0.29, 0.717) is 0 Å². The van der Waals surface area contributed by atoms with E-state index in [1.807, 2.05) is 0 Å². The second kappa shape index (κ2) is 12.3. The Morgan fingerprint density at radius 3 is 1.35 bits per heavy atom. The maximum Gasteiger partial charge on any atom is -1.00 e. The molecule has 0 saturated carbocycles. The van der Waals surface area contributed by atoms with Crippen LogP contribution in [0.3, 0.4) is 0 Å². The summed E-state index contributed by atoms with van der Waals surface area (Å²) in [5.41, 5.74) is 11.6. The Morgan fingerprint density at radius 2 is 1.04 bits per heavy atom. The molecule has 0 saturated heterocycles. The van der Waals surface area contributed by atoms with Crippen LogP contribution in [0.5, 0.6) is 0 Å². The van der Waals surface area contributed by atoms with Crippen LogP contribution in [-0.2, 0) is 24.2 Å². The van der Waals surface area contributed by atoms with Crippen LogP contribution in [0.15, 0.2) is 56.7 Å². The molecular weight excluding hydrogens is 438 g/mol. The van der Waals surface area contributed by atoms with Crippen molar-refractivity contribution in [2.45, 2.75) is 66.2 Å². The van der Waals surface area contributed by atoms with E-state index in [0.717, 1.165) is 0 Å². The van der Waals surface area contributed by atoms with Crippen molar-refractivity contribution < 1.29 is 49.0 Å². The van der Waals surface area contributed by atoms with Crippen LogP contribution in [0.1, 0.15) is 66.2 Å². The smallest absolute Gasteiger partial charge is 1.00 e. The molecule has 0 N–H and O–H groups in total. The van der Waals surface area contributed by atoms with E-state index < -0.39 is 0 Å². The van der Waals surface area contributed by atoms with E-state index in [-0.39, 0.29) is 24.8 Å². The van der Waals surface area contributed by atoms with Gasteiger partial charge in [0, 0.05) is 0 Å². The molecule has 26 heavy (non-hydrogen) atoms. The molecule has 0 aliphatic heterocycles. The molecule has 0 bridgehead atoms. The van der Waals surface area contributed by atoms with Gasteiger partial charge in [-0.2, -0.15) is 45.6 Å². The van der Waals surface area contributed by atoms with Crippen LogP contribution in [0.2, 0.25) is 0 Å². The first-order chi connectivity index (χ1) is 11.5. The molecule has 0 unspecified atom stereocenters. The maximum absolute atomic E-state index is 3.41. The summed E-state index contributed by atoms with van der Waals surface area (Å²) in [6, 6.07) is 0. The molecule has 0 radical (unpaired) electrons. The van der Waals surface area contributed by atoms with E-state index in [9.17, 15) is 0 Å². The van der Waals surface area contributed by atoms with Gasteiger partial charge in [0.2, 0.25) is 0 Å². The average molecular weight is 467 g/mol. The van der Waals surface area contributed by atoms with Gasteiger partial charge in [-0.3, -0.25) is 0 Å². The largest absolute Gasteiger partial charge is 1.00 e. The van der Waals surface area contributed by atoms with E-state index >= 15 is 0 Å². The number of hydrogen-bond donors (Lipinski definition) is 0. The Labute approximate surface area is 187 Å². The molecule has 3 heteroatoms. The van der Waals surface area contributed by atoms with Crippen molar-refractivity contribution in [3.05, 3.63) is 68.9 Å². The fraction of sp³-hybridized carbons (Fsp3) is 0.435. The summed E-state index contributed by atoms with van der Waals surface area (Å²) in [5, 5.41) is 0. The molecule has 0 aromatic heterocycles. The van der Waals surface area contributed by atoms with E-state index in [1.54, 1.807) is 11.1 Å². The van der Waals surface area contributed by atoms with Gasteiger partial charge in [-0.25, -0.2) is 12.2 Å². The zero-order valence-electron chi connectivity index (χ0n) is 16.4. The molecule has 0 nitrogen and oxygen atoms in total. The Hall–Kier alpha value is -0.227. The number of hydrogen-bond acceptors (Lipinski definition) is 0. The molecule has 4 aliphatic carbocycles. The Bertz CT molecular complexity index is 640. The van der Waals surface area contributed by atoms with Gasteiger partial charge >= 0.3 is 28.4 Å². The summed E-state index contributed by atoms with van der Waals surface area (Å²) in [5.74, 6) is 0. The summed E-state index contributed by atoms with van der Waals surface area (Å²) in [7, 11) is 0. The number of rotatable bonds is 0. The summed E-state index contributed by atoms with van der Waals surface area (Å²) in [6.07, 6.45) is 19.0. The first-order valence-electron chi connectivity index (χ1n) is 8.92. The summed E-state index contributed by atoms with van der Waals surface area (Å²) >= 11 is 1.30. The van der Waals surface area contributed by atoms with Gasteiger partial charge in [0.15, 0.2) is 0 Å². The molecule has 0 amide bonds. The fourth-order valence-electron chi connectivity index (χ4n) is 3.78. The quantitative estimate of drug-likeness (QED) is 0.452. The third-order valence-corrected chi connectivity index (χ3v) is 4.94. The van der Waals surface area contributed by atoms with Gasteiger partial charge in [-0.15, -0.1) is 11.1 Å². The minimum Gasteiger partial charge on any atom is -1.00 e. The van der Waals surface area contributed by atoms with Gasteiger partial charge in [-0.05, 0) is 25.7 Å². The predicted octanol–water partition coefficient (Wildman–Crippen LogP) is 0.326. The van der Waals surface area contributed by atoms with Crippen molar-refractivity contribution in [3.63, 3.8) is 0 Å². The average Bonchev–Trinajstić information content (AvgIpc) is 3.13. The monoisotopic (exact) mass is 464 g/mol. The van der Waals surface area contributed by atoms with E-state index in [4.69, 9.17) is 0 Å². The third kappa shape index (κ3) is 6.43. The van der Waals surface area contributed by atoms with Crippen LogP contribution in [0.4, 0.5) is 0 Å². The Morgan fingerprint density at radius 1 is 0.692 bits per heavy atom. The second-order valence-corrected chi connectivity index (χ2v) is 6.96. The van der Waals surface area contributed by atoms with Crippen LogP contribution >= 0.6 is 0 Å². The van der Waals surface area contributed by atoms with Crippen molar-refractivity contribution >= 4 is 4.21 Å². The molecule has 140 valence electrons. The summed E-state index contributed by atoms with van der Waals surface area (Å²) in [4.78, 5) is 0. The number of allylic oxidation sites excluding steroid dienone is 12. The van der Waals surface area contributed by atoms with Crippen molar-refractivity contribution in [3.8, 4) is 0 Å². The third-order valence-electron chi connectivity index (χ3n) is 4.94. The fourth-order valence-corrected chi connectivity index (χ4v) is 3.78. The molecule has 4 aliphatic rings. The van der Waals surface area contributed by atoms with Gasteiger partial charge < -0.3 is 24.8 Å². The zero-order valence-corrected chi connectivity index (χ0v) is 20.3. The standard InChI is InChI=1S/2C11H13.CH2.2ClH.Zr/c2*1-8-6-10-5-3-4-9(2)11(10)7-8;;;;/h2*7H,3-5H2,1-2H3;1H2;2*1H;/q2*-1;;;;+2/p-2. The molecule has 0 fully saturated rings. The van der Waals surface area contributed by atoms with Crippen LogP contribution < -0.4 is 24.8 Å². The van der Waals surface area contributed by atoms with E-state index in [2.05, 4.69) is 56.2 Å². The van der Waals surface area contributed by atoms with Crippen LogP contribution in [0.25, 0.3) is 0 Å². The molecule has 4 rings (SSSR count). The van der Waals surface area contributed by atoms with Gasteiger partial charge in [0.25, 0.3) is 0 Å². The summed E-state index contributed by atoms with van der Waals surface area (Å²) in [6.45, 7) is 8.74. The maximum atomic E-state index is 3.41. The van der Waals surface area contributed by atoms with E-state index in [1.165, 1.54) is 96.2 Å². The number of halogens is 2. The molecule has 0 aromatic carbocycles. The van der Waals surface area contributed by atoms with Crippen molar-refractivity contribution in [2.75, 3.05) is 0 Å². The molecule has 0 spiro atoms. The number of fused-ring (bicyclic) bond motifs is 2. The topological polar surface area (TPSA) is 0 Å². The van der Waals surface area contributed by atoms with Gasteiger partial charge in [-0.1, -0.05) is 40.5 Å². The molecule has 0 aromatic rings. The molecule has 0 heterocycles. The second-order valence-electron chi connectivity index (χ2n) is 6.96. The first-order valence-corrected chi connectivity index (χ1v) is 10.7. The van der Waals surface area contributed by atoms with Crippen molar-refractivity contribution in [1.29, 1.82) is 0 Å². The SMILES string of the molecule is CC1=CC2=C(C)CCCC2=[C-]1.CC1=CC2=C(C)CCCC2=[C-]1.[CH2]=[Zr+2].[Cl-].[Cl-]. The van der Waals surface area contributed by atoms with Crippen molar-refractivity contribution in [2.24, 2.45) is 0 Å². The summed E-state index contributed by atoms with van der Waals surface area (Å²) < 4.78 is 3.34. The molecule has 0 atom stereocenters.